The first-order chi connectivity index (χ1) is 9.60. The van der Waals surface area contributed by atoms with E-state index < -0.39 is 0 Å². The van der Waals surface area contributed by atoms with Gasteiger partial charge in [-0.1, -0.05) is 35.3 Å². The van der Waals surface area contributed by atoms with E-state index in [0.717, 1.165) is 4.90 Å². The molecule has 0 atom stereocenters. The van der Waals surface area contributed by atoms with E-state index in [-0.39, 0.29) is 12.4 Å². The molecule has 2 rings (SSSR count). The molecule has 0 spiro atoms. The molecule has 2 nitrogen and oxygen atoms in total. The summed E-state index contributed by atoms with van der Waals surface area (Å²) in [4.78, 5) is 13.1. The molecule has 20 heavy (non-hydrogen) atoms. The van der Waals surface area contributed by atoms with Crippen molar-refractivity contribution in [1.82, 2.24) is 0 Å². The zero-order valence-corrected chi connectivity index (χ0v) is 13.1. The average molecular weight is 327 g/mol. The summed E-state index contributed by atoms with van der Waals surface area (Å²) in [7, 11) is 0. The van der Waals surface area contributed by atoms with Gasteiger partial charge in [0.15, 0.2) is 12.4 Å². The van der Waals surface area contributed by atoms with Crippen LogP contribution in [0, 0.1) is 0 Å². The minimum absolute atomic E-state index is 0.0708. The minimum Gasteiger partial charge on any atom is -0.484 e. The van der Waals surface area contributed by atoms with Crippen LogP contribution in [0.5, 0.6) is 5.75 Å². The molecule has 0 aliphatic rings. The number of carbonyl (C=O) groups excluding carboxylic acids is 1. The lowest BCUT2D eigenvalue weighted by atomic mass is 10.1. The number of hydrogen-bond donors (Lipinski definition) is 0. The van der Waals surface area contributed by atoms with Gasteiger partial charge < -0.3 is 4.74 Å². The predicted octanol–water partition coefficient (Wildman–Crippen LogP) is 4.98. The molecule has 0 aromatic heterocycles. The highest BCUT2D eigenvalue weighted by molar-refractivity contribution is 7.98. The number of benzene rings is 2. The number of thioether (sulfide) groups is 1. The fraction of sp³-hybridized carbons (Fsp3) is 0.133. The lowest BCUT2D eigenvalue weighted by Gasteiger charge is -2.08. The van der Waals surface area contributed by atoms with Crippen LogP contribution in [-0.2, 0) is 0 Å². The third kappa shape index (κ3) is 3.92. The van der Waals surface area contributed by atoms with Crippen molar-refractivity contribution >= 4 is 40.7 Å². The van der Waals surface area contributed by atoms with E-state index in [0.29, 0.717) is 21.4 Å². The largest absolute Gasteiger partial charge is 0.484 e. The maximum absolute atomic E-state index is 12.0. The molecule has 0 unspecified atom stereocenters. The van der Waals surface area contributed by atoms with E-state index in [4.69, 9.17) is 27.9 Å². The van der Waals surface area contributed by atoms with Gasteiger partial charge in [0.1, 0.15) is 5.75 Å². The van der Waals surface area contributed by atoms with Crippen molar-refractivity contribution < 1.29 is 9.53 Å². The fourth-order valence-corrected chi connectivity index (χ4v) is 2.33. The zero-order valence-electron chi connectivity index (χ0n) is 10.7. The van der Waals surface area contributed by atoms with Crippen LogP contribution in [-0.4, -0.2) is 18.6 Å². The highest BCUT2D eigenvalue weighted by Gasteiger charge is 2.09. The second-order valence-electron chi connectivity index (χ2n) is 4.02. The average Bonchev–Trinajstić information content (AvgIpc) is 2.48. The van der Waals surface area contributed by atoms with Crippen LogP contribution in [0.4, 0.5) is 0 Å². The monoisotopic (exact) mass is 326 g/mol. The van der Waals surface area contributed by atoms with E-state index in [1.807, 2.05) is 18.4 Å². The summed E-state index contributed by atoms with van der Waals surface area (Å²) in [5.74, 6) is 0.307. The van der Waals surface area contributed by atoms with Crippen LogP contribution < -0.4 is 4.74 Å². The molecule has 0 radical (unpaired) electrons. The van der Waals surface area contributed by atoms with Crippen LogP contribution in [0.1, 0.15) is 10.4 Å². The van der Waals surface area contributed by atoms with Gasteiger partial charge in [-0.3, -0.25) is 4.79 Å². The van der Waals surface area contributed by atoms with Crippen LogP contribution >= 0.6 is 35.0 Å². The predicted molar refractivity (Wildman–Crippen MR) is 84.5 cm³/mol. The highest BCUT2D eigenvalue weighted by atomic mass is 35.5. The van der Waals surface area contributed by atoms with Crippen molar-refractivity contribution in [3.05, 3.63) is 58.1 Å². The van der Waals surface area contributed by atoms with E-state index >= 15 is 0 Å². The van der Waals surface area contributed by atoms with E-state index in [2.05, 4.69) is 0 Å². The third-order valence-corrected chi connectivity index (χ3v) is 3.95. The van der Waals surface area contributed by atoms with Crippen LogP contribution in [0.2, 0.25) is 10.0 Å². The molecule has 2 aromatic rings. The van der Waals surface area contributed by atoms with Crippen LogP contribution in [0.15, 0.2) is 47.4 Å². The molecule has 0 saturated heterocycles. The van der Waals surface area contributed by atoms with Gasteiger partial charge >= 0.3 is 0 Å². The molecule has 0 heterocycles. The molecule has 0 amide bonds. The number of rotatable bonds is 5. The first kappa shape index (κ1) is 15.2. The van der Waals surface area contributed by atoms with Crippen molar-refractivity contribution in [3.63, 3.8) is 0 Å². The molecule has 104 valence electrons. The molecule has 0 N–H and O–H groups in total. The Balaban J connectivity index is 2.02. The summed E-state index contributed by atoms with van der Waals surface area (Å²) in [6.07, 6.45) is 1.99. The summed E-state index contributed by atoms with van der Waals surface area (Å²) in [6.45, 7) is -0.0708. The Morgan fingerprint density at radius 3 is 2.50 bits per heavy atom. The van der Waals surface area contributed by atoms with Gasteiger partial charge in [-0.15, -0.1) is 11.8 Å². The summed E-state index contributed by atoms with van der Waals surface area (Å²) in [5, 5.41) is 0.945. The van der Waals surface area contributed by atoms with E-state index in [1.54, 1.807) is 42.1 Å². The smallest absolute Gasteiger partial charge is 0.200 e. The van der Waals surface area contributed by atoms with Crippen molar-refractivity contribution in [2.75, 3.05) is 12.9 Å². The molecule has 0 fully saturated rings. The van der Waals surface area contributed by atoms with Gasteiger partial charge in [0.05, 0.1) is 5.02 Å². The normalized spacial score (nSPS) is 10.3. The Kier molecular flexibility index (Phi) is 5.35. The quantitative estimate of drug-likeness (QED) is 0.572. The molecule has 0 saturated carbocycles. The molecular weight excluding hydrogens is 315 g/mol. The standard InChI is InChI=1S/C15H12Cl2O2S/c1-20-12-5-2-10(3-6-12)14(18)9-19-15-8-11(16)4-7-13(15)17/h2-8H,9H2,1H3. The van der Waals surface area contributed by atoms with Crippen LogP contribution in [0.25, 0.3) is 0 Å². The number of carbonyl (C=O) groups is 1. The summed E-state index contributed by atoms with van der Waals surface area (Å²) >= 11 is 13.5. The van der Waals surface area contributed by atoms with Gasteiger partial charge in [-0.05, 0) is 30.5 Å². The number of hydrogen-bond acceptors (Lipinski definition) is 3. The van der Waals surface area contributed by atoms with Crippen LogP contribution in [0.3, 0.4) is 0 Å². The van der Waals surface area contributed by atoms with Crippen molar-refractivity contribution in [2.45, 2.75) is 4.90 Å². The Labute approximate surface area is 132 Å². The molecular formula is C15H12Cl2O2S. The first-order valence-corrected chi connectivity index (χ1v) is 7.83. The van der Waals surface area contributed by atoms with Crippen molar-refractivity contribution in [2.24, 2.45) is 0 Å². The lowest BCUT2D eigenvalue weighted by Crippen LogP contribution is -2.11. The van der Waals surface area contributed by atoms with Crippen molar-refractivity contribution in [3.8, 4) is 5.75 Å². The second kappa shape index (κ2) is 7.02. The molecule has 5 heteroatoms. The van der Waals surface area contributed by atoms with E-state index in [1.165, 1.54) is 0 Å². The zero-order chi connectivity index (χ0) is 14.5. The Morgan fingerprint density at radius 1 is 1.15 bits per heavy atom. The lowest BCUT2D eigenvalue weighted by molar-refractivity contribution is 0.0921. The van der Waals surface area contributed by atoms with Gasteiger partial charge in [-0.25, -0.2) is 0 Å². The second-order valence-corrected chi connectivity index (χ2v) is 5.74. The number of Topliss-reactive ketones (excluding diaryl/α,β-unsaturated/α-hetero) is 1. The number of ether oxygens (including phenoxy) is 1. The third-order valence-electron chi connectivity index (χ3n) is 2.66. The SMILES string of the molecule is CSc1ccc(C(=O)COc2cc(Cl)ccc2Cl)cc1. The number of halogens is 2. The van der Waals surface area contributed by atoms with E-state index in [9.17, 15) is 4.79 Å². The van der Waals surface area contributed by atoms with Gasteiger partial charge in [0.2, 0.25) is 0 Å². The van der Waals surface area contributed by atoms with Gasteiger partial charge in [0, 0.05) is 21.5 Å². The maximum Gasteiger partial charge on any atom is 0.200 e. The first-order valence-electron chi connectivity index (χ1n) is 5.85. The molecule has 0 bridgehead atoms. The molecule has 0 aliphatic heterocycles. The molecule has 0 aliphatic carbocycles. The summed E-state index contributed by atoms with van der Waals surface area (Å²) < 4.78 is 5.42. The fourth-order valence-electron chi connectivity index (χ4n) is 1.59. The Morgan fingerprint density at radius 2 is 1.85 bits per heavy atom. The molecule has 2 aromatic carbocycles. The summed E-state index contributed by atoms with van der Waals surface area (Å²) in [5.41, 5.74) is 0.612. The van der Waals surface area contributed by atoms with Gasteiger partial charge in [0.25, 0.3) is 0 Å². The topological polar surface area (TPSA) is 26.3 Å². The summed E-state index contributed by atoms with van der Waals surface area (Å²) in [6, 6.07) is 12.3. The maximum atomic E-state index is 12.0. The Bertz CT molecular complexity index is 612. The highest BCUT2D eigenvalue weighted by Crippen LogP contribution is 2.27. The minimum atomic E-state index is -0.103. The van der Waals surface area contributed by atoms with Crippen molar-refractivity contribution in [1.29, 1.82) is 0 Å². The van der Waals surface area contributed by atoms with Gasteiger partial charge in [-0.2, -0.15) is 0 Å². The Hall–Kier alpha value is -1.16. The number of ketones is 1.